The van der Waals surface area contributed by atoms with Crippen LogP contribution in [0.4, 0.5) is 22.1 Å². The minimum Gasteiger partial charge on any atom is -0.412 e. The molecule has 37 heavy (non-hydrogen) atoms. The summed E-state index contributed by atoms with van der Waals surface area (Å²) < 4.78 is 1.09. The van der Waals surface area contributed by atoms with Crippen molar-refractivity contribution in [1.82, 2.24) is 19.6 Å². The number of fused-ring (bicyclic) bond motifs is 1. The maximum Gasteiger partial charge on any atom is 0.323 e. The average Bonchev–Trinajstić information content (AvgIpc) is 2.85. The molecule has 2 aromatic carbocycles. The van der Waals surface area contributed by atoms with E-state index in [1.807, 2.05) is 19.0 Å². The van der Waals surface area contributed by atoms with E-state index in [2.05, 4.69) is 25.9 Å². The maximum atomic E-state index is 13.4. The van der Waals surface area contributed by atoms with Gasteiger partial charge < -0.3 is 25.7 Å². The van der Waals surface area contributed by atoms with Crippen LogP contribution >= 0.6 is 23.2 Å². The minimum atomic E-state index is -0.481. The molecule has 0 bridgehead atoms. The lowest BCUT2D eigenvalue weighted by Gasteiger charge is -2.14. The first-order valence-corrected chi connectivity index (χ1v) is 12.0. The summed E-state index contributed by atoms with van der Waals surface area (Å²) in [4.78, 5) is 42.1. The van der Waals surface area contributed by atoms with Crippen molar-refractivity contribution in [3.05, 3.63) is 75.1 Å². The summed E-state index contributed by atoms with van der Waals surface area (Å²) in [6.45, 7) is 1.42. The van der Waals surface area contributed by atoms with Crippen LogP contribution in [0.2, 0.25) is 10.0 Å². The third kappa shape index (κ3) is 6.29. The van der Waals surface area contributed by atoms with Crippen LogP contribution in [0.25, 0.3) is 22.2 Å². The van der Waals surface area contributed by atoms with Crippen molar-refractivity contribution in [2.24, 2.45) is 0 Å². The first-order valence-electron chi connectivity index (χ1n) is 11.2. The fourth-order valence-electron chi connectivity index (χ4n) is 3.58. The van der Waals surface area contributed by atoms with E-state index in [0.29, 0.717) is 50.5 Å². The Bertz CT molecular complexity index is 1510. The number of carbonyl (C=O) groups is 1. The molecule has 4 rings (SSSR count). The summed E-state index contributed by atoms with van der Waals surface area (Å²) >= 11 is 12.4. The third-order valence-electron chi connectivity index (χ3n) is 5.32. The van der Waals surface area contributed by atoms with Gasteiger partial charge in [0.2, 0.25) is 5.95 Å². The predicted octanol–water partition coefficient (Wildman–Crippen LogP) is 4.44. The Balaban J connectivity index is 1.65. The normalized spacial score (nSPS) is 11.0. The first-order chi connectivity index (χ1) is 17.7. The number of rotatable bonds is 8. The van der Waals surface area contributed by atoms with Crippen LogP contribution in [-0.2, 0) is 0 Å². The molecular weight excluding hydrogens is 517 g/mol. The summed E-state index contributed by atoms with van der Waals surface area (Å²) in [6, 6.07) is 12.8. The zero-order valence-corrected chi connectivity index (χ0v) is 21.9. The number of anilines is 3. The molecule has 2 amide bonds. The van der Waals surface area contributed by atoms with Crippen LogP contribution in [0.15, 0.2) is 59.5 Å². The van der Waals surface area contributed by atoms with Gasteiger partial charge in [-0.1, -0.05) is 29.3 Å². The van der Waals surface area contributed by atoms with Crippen molar-refractivity contribution in [2.75, 3.05) is 50.2 Å². The van der Waals surface area contributed by atoms with Gasteiger partial charge >= 0.3 is 6.03 Å². The lowest BCUT2D eigenvalue weighted by molar-refractivity contribution is 0.168. The molecule has 3 N–H and O–H groups in total. The molecule has 2 heterocycles. The molecule has 4 aromatic rings. The highest BCUT2D eigenvalue weighted by Crippen LogP contribution is 2.30. The van der Waals surface area contributed by atoms with Gasteiger partial charge in [0.05, 0.1) is 5.56 Å². The Morgan fingerprint density at radius 1 is 1.05 bits per heavy atom. The second-order valence-corrected chi connectivity index (χ2v) is 9.17. The van der Waals surface area contributed by atoms with E-state index >= 15 is 0 Å². The number of hydrogen-bond donors (Lipinski definition) is 3. The van der Waals surface area contributed by atoms with Crippen molar-refractivity contribution in [3.8, 4) is 11.1 Å². The quantitative estimate of drug-likeness (QED) is 0.302. The molecule has 0 aliphatic carbocycles. The fraction of sp³-hybridized carbons (Fsp3) is 0.200. The molecule has 10 nitrogen and oxygen atoms in total. The van der Waals surface area contributed by atoms with Gasteiger partial charge in [0, 0.05) is 51.7 Å². The van der Waals surface area contributed by atoms with Crippen LogP contribution in [0.1, 0.15) is 0 Å². The minimum absolute atomic E-state index is 0.259. The van der Waals surface area contributed by atoms with Gasteiger partial charge in [0.1, 0.15) is 7.11 Å². The van der Waals surface area contributed by atoms with Crippen molar-refractivity contribution in [2.45, 2.75) is 0 Å². The highest BCUT2D eigenvalue weighted by atomic mass is 35.5. The van der Waals surface area contributed by atoms with Crippen LogP contribution < -0.4 is 26.3 Å². The Hall–Kier alpha value is -3.86. The topological polar surface area (TPSA) is 113 Å². The van der Waals surface area contributed by atoms with E-state index in [4.69, 9.17) is 28.0 Å². The number of likely N-dealkylation sites (N-methyl/N-ethyl adjacent to an activating group) is 1. The number of benzene rings is 2. The Kier molecular flexibility index (Phi) is 8.12. The molecule has 0 fully saturated rings. The number of hydrogen-bond acceptors (Lipinski definition) is 7. The Labute approximate surface area is 223 Å². The van der Waals surface area contributed by atoms with Gasteiger partial charge in [-0.25, -0.2) is 9.78 Å². The predicted molar refractivity (Wildman–Crippen MR) is 148 cm³/mol. The molecule has 0 atom stereocenters. The van der Waals surface area contributed by atoms with Gasteiger partial charge in [-0.15, -0.1) is 4.73 Å². The Morgan fingerprint density at radius 2 is 1.81 bits per heavy atom. The third-order valence-corrected chi connectivity index (χ3v) is 5.89. The van der Waals surface area contributed by atoms with Crippen LogP contribution in [-0.4, -0.2) is 59.9 Å². The molecule has 0 aliphatic heterocycles. The van der Waals surface area contributed by atoms with E-state index in [-0.39, 0.29) is 5.56 Å². The summed E-state index contributed by atoms with van der Waals surface area (Å²) in [5.74, 6) is 0.377. The number of urea groups is 1. The largest absolute Gasteiger partial charge is 0.412 e. The van der Waals surface area contributed by atoms with E-state index in [1.54, 1.807) is 54.7 Å². The molecule has 0 aliphatic rings. The maximum absolute atomic E-state index is 13.4. The van der Waals surface area contributed by atoms with E-state index < -0.39 is 11.6 Å². The van der Waals surface area contributed by atoms with Crippen molar-refractivity contribution < 1.29 is 9.63 Å². The zero-order chi connectivity index (χ0) is 26.5. The highest BCUT2D eigenvalue weighted by molar-refractivity contribution is 6.33. The molecular formula is C25H25Cl2N7O3. The monoisotopic (exact) mass is 541 g/mol. The second kappa shape index (κ2) is 11.5. The van der Waals surface area contributed by atoms with Gasteiger partial charge in [-0.3, -0.25) is 4.79 Å². The molecule has 0 saturated heterocycles. The number of carbonyl (C=O) groups excluding carboxylic acids is 1. The van der Waals surface area contributed by atoms with E-state index in [9.17, 15) is 9.59 Å². The van der Waals surface area contributed by atoms with Crippen LogP contribution in [0.3, 0.4) is 0 Å². The summed E-state index contributed by atoms with van der Waals surface area (Å²) in [6.07, 6.45) is 1.60. The molecule has 0 radical (unpaired) electrons. The van der Waals surface area contributed by atoms with Gasteiger partial charge in [0.25, 0.3) is 5.56 Å². The fourth-order valence-corrected chi connectivity index (χ4v) is 3.99. The number of pyridine rings is 1. The van der Waals surface area contributed by atoms with Gasteiger partial charge in [-0.2, -0.15) is 4.98 Å². The lowest BCUT2D eigenvalue weighted by atomic mass is 10.1. The van der Waals surface area contributed by atoms with Crippen molar-refractivity contribution in [3.63, 3.8) is 0 Å². The molecule has 0 unspecified atom stereocenters. The smallest absolute Gasteiger partial charge is 0.323 e. The van der Waals surface area contributed by atoms with E-state index in [0.717, 1.165) is 11.3 Å². The summed E-state index contributed by atoms with van der Waals surface area (Å²) in [5.41, 5.74) is 1.48. The highest BCUT2D eigenvalue weighted by Gasteiger charge is 2.17. The number of aromatic nitrogens is 3. The summed E-state index contributed by atoms with van der Waals surface area (Å²) in [7, 11) is 5.31. The standard InChI is InChI=1S/C25H25Cl2N7O3/c1-33(2)10-9-28-24-29-14-15-11-20(23(35)34(37-3)22(15)32-24)19-13-18(7-8-21(19)27)31-25(36)30-17-6-4-5-16(26)12-17/h4-8,11-14H,9-10H2,1-3H3,(H,28,29,32)(H2,30,31,36). The average molecular weight is 542 g/mol. The number of nitrogens with one attached hydrogen (secondary N) is 3. The zero-order valence-electron chi connectivity index (χ0n) is 20.4. The lowest BCUT2D eigenvalue weighted by Crippen LogP contribution is -2.28. The number of halogens is 2. The number of amides is 2. The molecule has 0 spiro atoms. The molecule has 2 aromatic heterocycles. The second-order valence-electron chi connectivity index (χ2n) is 8.33. The number of nitrogens with zero attached hydrogens (tertiary/aromatic N) is 4. The van der Waals surface area contributed by atoms with Crippen LogP contribution in [0.5, 0.6) is 0 Å². The molecule has 0 saturated carbocycles. The van der Waals surface area contributed by atoms with Crippen molar-refractivity contribution >= 4 is 57.6 Å². The molecule has 192 valence electrons. The first kappa shape index (κ1) is 26.2. The SMILES string of the molecule is COn1c(=O)c(-c2cc(NC(=O)Nc3cccc(Cl)c3)ccc2Cl)cc2cnc(NCCN(C)C)nc21. The van der Waals surface area contributed by atoms with Gasteiger partial charge in [-0.05, 0) is 56.6 Å². The van der Waals surface area contributed by atoms with Crippen LogP contribution in [0, 0.1) is 0 Å². The molecule has 12 heteroatoms. The van der Waals surface area contributed by atoms with Gasteiger partial charge in [0.15, 0.2) is 5.65 Å². The van der Waals surface area contributed by atoms with E-state index in [1.165, 1.54) is 7.11 Å². The Morgan fingerprint density at radius 3 is 2.51 bits per heavy atom. The van der Waals surface area contributed by atoms with Crippen molar-refractivity contribution in [1.29, 1.82) is 0 Å². The summed E-state index contributed by atoms with van der Waals surface area (Å²) in [5, 5.41) is 9.97.